The number of aromatic nitrogens is 2. The van der Waals surface area contributed by atoms with E-state index >= 15 is 0 Å². The minimum atomic E-state index is -0.549. The first-order valence-electron chi connectivity index (χ1n) is 19.8. The molecule has 0 bridgehead atoms. The van der Waals surface area contributed by atoms with Crippen molar-refractivity contribution in [2.24, 2.45) is 0 Å². The molecule has 0 saturated heterocycles. The Bertz CT molecular complexity index is 3230. The predicted molar refractivity (Wildman–Crippen MR) is 236 cm³/mol. The molecule has 12 rings (SSSR count). The summed E-state index contributed by atoms with van der Waals surface area (Å²) in [5, 5.41) is 4.88. The highest BCUT2D eigenvalue weighted by Gasteiger charge is 2.51. The van der Waals surface area contributed by atoms with Crippen molar-refractivity contribution in [1.29, 1.82) is 0 Å². The van der Waals surface area contributed by atoms with Gasteiger partial charge in [0.05, 0.1) is 16.8 Å². The summed E-state index contributed by atoms with van der Waals surface area (Å²) < 4.78 is 7.10. The van der Waals surface area contributed by atoms with Gasteiger partial charge >= 0.3 is 0 Å². The van der Waals surface area contributed by atoms with Crippen LogP contribution in [0.5, 0.6) is 11.5 Å². The van der Waals surface area contributed by atoms with Gasteiger partial charge in [0.15, 0.2) is 5.82 Å². The quantitative estimate of drug-likeness (QED) is 0.169. The lowest BCUT2D eigenvalue weighted by Gasteiger charge is -2.40. The van der Waals surface area contributed by atoms with Gasteiger partial charge in [-0.25, -0.2) is 9.97 Å². The lowest BCUT2D eigenvalue weighted by atomic mass is 9.65. The second-order valence-corrected chi connectivity index (χ2v) is 15.2. The van der Waals surface area contributed by atoms with Crippen molar-refractivity contribution in [2.45, 2.75) is 5.41 Å². The first-order chi connectivity index (χ1) is 28.8. The molecular formula is C55H34N2O. The molecule has 0 atom stereocenters. The third kappa shape index (κ3) is 4.74. The van der Waals surface area contributed by atoms with E-state index in [0.29, 0.717) is 5.82 Å². The molecule has 3 heteroatoms. The Kier molecular flexibility index (Phi) is 7.14. The second-order valence-electron chi connectivity index (χ2n) is 15.2. The molecule has 10 aromatic rings. The third-order valence-electron chi connectivity index (χ3n) is 12.2. The zero-order valence-electron chi connectivity index (χ0n) is 31.4. The largest absolute Gasteiger partial charge is 0.456 e. The normalized spacial score (nSPS) is 13.1. The minimum Gasteiger partial charge on any atom is -0.456 e. The van der Waals surface area contributed by atoms with Crippen molar-refractivity contribution in [3.8, 4) is 67.7 Å². The Morgan fingerprint density at radius 3 is 1.74 bits per heavy atom. The Hall–Kier alpha value is -7.62. The summed E-state index contributed by atoms with van der Waals surface area (Å²) in [6.45, 7) is 0. The van der Waals surface area contributed by atoms with E-state index in [-0.39, 0.29) is 0 Å². The summed E-state index contributed by atoms with van der Waals surface area (Å²) in [5.41, 5.74) is 13.6. The number of benzene rings is 9. The number of para-hydroxylation sites is 2. The first kappa shape index (κ1) is 32.6. The third-order valence-corrected chi connectivity index (χ3v) is 12.2. The van der Waals surface area contributed by atoms with Crippen molar-refractivity contribution in [3.05, 3.63) is 229 Å². The topological polar surface area (TPSA) is 35.0 Å². The van der Waals surface area contributed by atoms with Gasteiger partial charge in [-0.1, -0.05) is 188 Å². The molecule has 58 heavy (non-hydrogen) atoms. The number of ether oxygens (including phenoxy) is 1. The van der Waals surface area contributed by atoms with Gasteiger partial charge in [0.2, 0.25) is 0 Å². The van der Waals surface area contributed by atoms with Crippen LogP contribution in [0.4, 0.5) is 0 Å². The van der Waals surface area contributed by atoms with Gasteiger partial charge in [-0.3, -0.25) is 0 Å². The molecule has 2 heterocycles. The average Bonchev–Trinajstić information content (AvgIpc) is 3.59. The van der Waals surface area contributed by atoms with Gasteiger partial charge in [0, 0.05) is 33.4 Å². The second kappa shape index (κ2) is 12.7. The summed E-state index contributed by atoms with van der Waals surface area (Å²) >= 11 is 0. The highest BCUT2D eigenvalue weighted by atomic mass is 16.5. The molecule has 0 radical (unpaired) electrons. The number of hydrogen-bond acceptors (Lipinski definition) is 3. The maximum atomic E-state index is 7.10. The molecule has 3 nitrogen and oxygen atoms in total. The lowest BCUT2D eigenvalue weighted by molar-refractivity contribution is 0.438. The number of fused-ring (bicyclic) bond motifs is 12. The van der Waals surface area contributed by atoms with Crippen LogP contribution in [0.2, 0.25) is 0 Å². The van der Waals surface area contributed by atoms with Gasteiger partial charge in [-0.15, -0.1) is 0 Å². The minimum absolute atomic E-state index is 0.549. The molecule has 2 aliphatic rings. The van der Waals surface area contributed by atoms with Crippen LogP contribution in [0.3, 0.4) is 0 Å². The molecule has 1 spiro atoms. The fraction of sp³-hybridized carbons (Fsp3) is 0.0182. The van der Waals surface area contributed by atoms with Crippen LogP contribution in [-0.2, 0) is 5.41 Å². The molecule has 0 amide bonds. The SMILES string of the molecule is c1ccc(-c2nc(-c3ccc4c(ccc5ccccc54)c3)cc(-c3ccccc3-c3cccc4c3Oc3ccccc3C43c4ccccc4-c4ccccc43)n2)cc1. The van der Waals surface area contributed by atoms with E-state index < -0.39 is 5.41 Å². The van der Waals surface area contributed by atoms with E-state index in [2.05, 4.69) is 188 Å². The molecule has 1 aromatic heterocycles. The smallest absolute Gasteiger partial charge is 0.160 e. The van der Waals surface area contributed by atoms with Crippen LogP contribution in [0.1, 0.15) is 22.3 Å². The Morgan fingerprint density at radius 2 is 0.931 bits per heavy atom. The van der Waals surface area contributed by atoms with E-state index in [4.69, 9.17) is 14.7 Å². The highest BCUT2D eigenvalue weighted by molar-refractivity contribution is 6.08. The van der Waals surface area contributed by atoms with Gasteiger partial charge in [0.1, 0.15) is 11.5 Å². The van der Waals surface area contributed by atoms with Gasteiger partial charge in [-0.05, 0) is 67.6 Å². The average molecular weight is 739 g/mol. The Morgan fingerprint density at radius 1 is 0.345 bits per heavy atom. The standard InChI is InChI=1S/C55H34N2O/c1-2-16-36(17-3-1)54-56-50(38-31-32-40-37(33-38)30-29-35-15-4-5-18-39(35)40)34-51(57-54)44-22-7-6-19-41(44)45-23-14-27-49-53(45)58-52-28-13-12-26-48(52)55(49)46-24-10-8-20-42(46)43-21-9-11-25-47(43)55/h1-34H. The molecular weight excluding hydrogens is 705 g/mol. The van der Waals surface area contributed by atoms with Crippen LogP contribution in [0, 0.1) is 0 Å². The lowest BCUT2D eigenvalue weighted by Crippen LogP contribution is -2.32. The van der Waals surface area contributed by atoms with Crippen molar-refractivity contribution in [1.82, 2.24) is 9.97 Å². The maximum absolute atomic E-state index is 7.10. The summed E-state index contributed by atoms with van der Waals surface area (Å²) in [7, 11) is 0. The Balaban J connectivity index is 1.08. The van der Waals surface area contributed by atoms with E-state index in [0.717, 1.165) is 61.8 Å². The number of nitrogens with zero attached hydrogens (tertiary/aromatic N) is 2. The monoisotopic (exact) mass is 738 g/mol. The van der Waals surface area contributed by atoms with Crippen molar-refractivity contribution < 1.29 is 4.74 Å². The molecule has 270 valence electrons. The zero-order chi connectivity index (χ0) is 38.2. The fourth-order valence-corrected chi connectivity index (χ4v) is 9.65. The molecule has 9 aromatic carbocycles. The molecule has 1 aliphatic carbocycles. The number of rotatable bonds is 4. The van der Waals surface area contributed by atoms with Crippen molar-refractivity contribution in [2.75, 3.05) is 0 Å². The van der Waals surface area contributed by atoms with E-state index in [1.165, 1.54) is 43.8 Å². The van der Waals surface area contributed by atoms with E-state index in [1.54, 1.807) is 0 Å². The molecule has 0 saturated carbocycles. The Labute approximate surface area is 336 Å². The molecule has 0 unspecified atom stereocenters. The predicted octanol–water partition coefficient (Wildman–Crippen LogP) is 13.9. The van der Waals surface area contributed by atoms with Crippen LogP contribution in [-0.4, -0.2) is 9.97 Å². The summed E-state index contributed by atoms with van der Waals surface area (Å²) in [5.74, 6) is 2.41. The van der Waals surface area contributed by atoms with Gasteiger partial charge < -0.3 is 4.74 Å². The highest BCUT2D eigenvalue weighted by Crippen LogP contribution is 2.63. The summed E-state index contributed by atoms with van der Waals surface area (Å²) in [6, 6.07) is 73.6. The van der Waals surface area contributed by atoms with E-state index in [9.17, 15) is 0 Å². The summed E-state index contributed by atoms with van der Waals surface area (Å²) in [4.78, 5) is 10.5. The zero-order valence-corrected chi connectivity index (χ0v) is 31.4. The van der Waals surface area contributed by atoms with Gasteiger partial charge in [0.25, 0.3) is 0 Å². The van der Waals surface area contributed by atoms with Crippen molar-refractivity contribution >= 4 is 21.5 Å². The van der Waals surface area contributed by atoms with Crippen molar-refractivity contribution in [3.63, 3.8) is 0 Å². The van der Waals surface area contributed by atoms with E-state index in [1.807, 2.05) is 18.2 Å². The summed E-state index contributed by atoms with van der Waals surface area (Å²) in [6.07, 6.45) is 0. The van der Waals surface area contributed by atoms with Gasteiger partial charge in [-0.2, -0.15) is 0 Å². The molecule has 0 fully saturated rings. The maximum Gasteiger partial charge on any atom is 0.160 e. The van der Waals surface area contributed by atoms with Crippen LogP contribution in [0.15, 0.2) is 206 Å². The van der Waals surface area contributed by atoms with Crippen LogP contribution in [0.25, 0.3) is 77.7 Å². The van der Waals surface area contributed by atoms with Crippen LogP contribution < -0.4 is 4.74 Å². The first-order valence-corrected chi connectivity index (χ1v) is 19.8. The fourth-order valence-electron chi connectivity index (χ4n) is 9.65. The molecule has 1 aliphatic heterocycles. The molecule has 0 N–H and O–H groups in total. The number of hydrogen-bond donors (Lipinski definition) is 0. The van der Waals surface area contributed by atoms with Crippen LogP contribution >= 0.6 is 0 Å².